The van der Waals surface area contributed by atoms with E-state index in [-0.39, 0.29) is 24.8 Å². The minimum absolute atomic E-state index is 0.189. The lowest BCUT2D eigenvalue weighted by Crippen LogP contribution is -2.48. The van der Waals surface area contributed by atoms with Gasteiger partial charge in [0.2, 0.25) is 0 Å². The molecule has 5 aromatic rings. The fourth-order valence-electron chi connectivity index (χ4n) is 6.93. The van der Waals surface area contributed by atoms with Crippen LogP contribution >= 0.6 is 10.8 Å². The Bertz CT molecular complexity index is 2120. The van der Waals surface area contributed by atoms with E-state index in [1.165, 1.54) is 0 Å². The Hall–Kier alpha value is -4.50. The predicted molar refractivity (Wildman–Crippen MR) is 194 cm³/mol. The number of fused-ring (bicyclic) bond motifs is 2. The Kier molecular flexibility index (Phi) is 10.1. The molecule has 0 saturated carbocycles. The van der Waals surface area contributed by atoms with Crippen LogP contribution in [0.5, 0.6) is 5.75 Å². The van der Waals surface area contributed by atoms with Gasteiger partial charge in [0.25, 0.3) is 5.91 Å². The quantitative estimate of drug-likeness (QED) is 0.138. The molecule has 2 atom stereocenters. The number of amides is 1. The van der Waals surface area contributed by atoms with E-state index >= 15 is 0 Å². The molecule has 2 aromatic heterocycles. The number of aromatic nitrogens is 4. The molecule has 10 nitrogen and oxygen atoms in total. The number of carbonyl (C=O) groups excluding carboxylic acids is 1. The van der Waals surface area contributed by atoms with Crippen LogP contribution in [0.3, 0.4) is 0 Å². The summed E-state index contributed by atoms with van der Waals surface area (Å²) < 4.78 is 73.7. The summed E-state index contributed by atoms with van der Waals surface area (Å²) in [6, 6.07) is 17.6. The molecule has 14 heteroatoms. The highest BCUT2D eigenvalue weighted by Gasteiger charge is 2.38. The van der Waals surface area contributed by atoms with Gasteiger partial charge in [0.1, 0.15) is 22.3 Å². The maximum Gasteiger partial charge on any atom is 0.417 e. The van der Waals surface area contributed by atoms with Gasteiger partial charge < -0.3 is 10.1 Å². The zero-order valence-corrected chi connectivity index (χ0v) is 30.7. The fraction of sp³-hybridized carbons (Fsp3) is 0.368. The molecule has 1 amide bonds. The van der Waals surface area contributed by atoms with Gasteiger partial charge in [0.15, 0.2) is 0 Å². The van der Waals surface area contributed by atoms with Crippen molar-refractivity contribution in [1.29, 1.82) is 0 Å². The minimum atomic E-state index is -4.66. The number of benzene rings is 3. The molecule has 3 heterocycles. The zero-order chi connectivity index (χ0) is 37.6. The summed E-state index contributed by atoms with van der Waals surface area (Å²) in [7, 11) is -3.44. The molecule has 0 saturated heterocycles. The number of rotatable bonds is 9. The second kappa shape index (κ2) is 14.1. The van der Waals surface area contributed by atoms with Crippen molar-refractivity contribution in [2.75, 3.05) is 6.54 Å². The summed E-state index contributed by atoms with van der Waals surface area (Å²) in [4.78, 5) is 17.7. The standard InChI is InChI=1S/C38H43F3N6O4S/c1-7-29-22-46(52(49,50)33-12-10-9-11-32(33)51-29)21-27-17-25(14-13-23(27)3)34(30-15-16-31-35(24(30)4)44-45-47(31)8-2)37(5,6)43-36(48)26-18-28(20-42-19-26)38(39,40)41/h9-20,29,34,49-50H,7-8,21-22H2,1-6H3,(H,43,48)/t29?,34-/m0/s1. The zero-order valence-electron chi connectivity index (χ0n) is 29.9. The van der Waals surface area contributed by atoms with Crippen molar-refractivity contribution in [3.05, 3.63) is 112 Å². The largest absolute Gasteiger partial charge is 0.487 e. The first kappa shape index (κ1) is 37.3. The van der Waals surface area contributed by atoms with Crippen LogP contribution in [0.1, 0.15) is 83.8 Å². The SMILES string of the molecule is CCC1CN(Cc2cc([C@@H](c3ccc4c(nnn4CC)c3C)C(C)(C)NC(=O)c3cncc(C(F)(F)F)c3)ccc2C)S(O)(O)c2ccccc2O1. The van der Waals surface area contributed by atoms with Gasteiger partial charge in [0.05, 0.1) is 23.2 Å². The highest BCUT2D eigenvalue weighted by molar-refractivity contribution is 8.22. The number of ether oxygens (including phenoxy) is 1. The number of halogens is 3. The molecular weight excluding hydrogens is 694 g/mol. The van der Waals surface area contributed by atoms with E-state index in [0.29, 0.717) is 35.3 Å². The van der Waals surface area contributed by atoms with Crippen molar-refractivity contribution in [1.82, 2.24) is 29.6 Å². The smallest absolute Gasteiger partial charge is 0.417 e. The molecule has 1 aliphatic rings. The first-order valence-corrected chi connectivity index (χ1v) is 18.6. The van der Waals surface area contributed by atoms with Crippen LogP contribution in [-0.2, 0) is 19.3 Å². The van der Waals surface area contributed by atoms with Crippen LogP contribution < -0.4 is 10.1 Å². The third-order valence-corrected chi connectivity index (χ3v) is 11.7. The summed E-state index contributed by atoms with van der Waals surface area (Å²) in [5, 5.41) is 11.8. The molecule has 1 aliphatic heterocycles. The average molecular weight is 737 g/mol. The molecule has 6 rings (SSSR count). The molecule has 0 aliphatic carbocycles. The van der Waals surface area contributed by atoms with Gasteiger partial charge in [-0.3, -0.25) is 18.9 Å². The van der Waals surface area contributed by atoms with Crippen molar-refractivity contribution < 1.29 is 31.8 Å². The lowest BCUT2D eigenvalue weighted by molar-refractivity contribution is -0.137. The Morgan fingerprint density at radius 2 is 1.81 bits per heavy atom. The second-order valence-electron chi connectivity index (χ2n) is 13.7. The summed E-state index contributed by atoms with van der Waals surface area (Å²) in [6.07, 6.45) is -2.49. The molecule has 52 heavy (non-hydrogen) atoms. The normalized spacial score (nSPS) is 17.6. The minimum Gasteiger partial charge on any atom is -0.487 e. The highest BCUT2D eigenvalue weighted by Crippen LogP contribution is 2.57. The lowest BCUT2D eigenvalue weighted by atomic mass is 9.74. The molecular formula is C38H43F3N6O4S. The Morgan fingerprint density at radius 3 is 2.52 bits per heavy atom. The fourth-order valence-corrected chi connectivity index (χ4v) is 8.55. The molecule has 0 spiro atoms. The predicted octanol–water partition coefficient (Wildman–Crippen LogP) is 8.52. The van der Waals surface area contributed by atoms with Gasteiger partial charge in [0, 0.05) is 36.9 Å². The summed E-state index contributed by atoms with van der Waals surface area (Å²) >= 11 is 0. The number of pyridine rings is 1. The van der Waals surface area contributed by atoms with E-state index in [9.17, 15) is 27.1 Å². The third kappa shape index (κ3) is 7.12. The Balaban J connectivity index is 1.44. The average Bonchev–Trinajstić information content (AvgIpc) is 3.49. The molecule has 276 valence electrons. The van der Waals surface area contributed by atoms with Gasteiger partial charge in [-0.1, -0.05) is 48.5 Å². The monoisotopic (exact) mass is 736 g/mol. The number of hydrogen-bond acceptors (Lipinski definition) is 8. The van der Waals surface area contributed by atoms with Gasteiger partial charge in [-0.05, 0) is 93.1 Å². The second-order valence-corrected chi connectivity index (χ2v) is 15.7. The number of nitrogens with one attached hydrogen (secondary N) is 1. The van der Waals surface area contributed by atoms with Crippen molar-refractivity contribution in [2.45, 2.75) is 89.7 Å². The first-order valence-electron chi connectivity index (χ1n) is 17.1. The maximum absolute atomic E-state index is 13.7. The number of para-hydroxylation sites is 1. The van der Waals surface area contributed by atoms with Crippen molar-refractivity contribution >= 4 is 27.7 Å². The van der Waals surface area contributed by atoms with E-state index in [1.807, 2.05) is 71.9 Å². The van der Waals surface area contributed by atoms with Crippen LogP contribution in [0.15, 0.2) is 78.0 Å². The van der Waals surface area contributed by atoms with Crippen molar-refractivity contribution in [2.24, 2.45) is 0 Å². The molecule has 1 unspecified atom stereocenters. The molecule has 0 radical (unpaired) electrons. The molecule has 0 bridgehead atoms. The Morgan fingerprint density at radius 1 is 1.06 bits per heavy atom. The van der Waals surface area contributed by atoms with Crippen molar-refractivity contribution in [3.63, 3.8) is 0 Å². The van der Waals surface area contributed by atoms with E-state index in [4.69, 9.17) is 4.74 Å². The number of aryl methyl sites for hydroxylation is 3. The van der Waals surface area contributed by atoms with Gasteiger partial charge >= 0.3 is 6.18 Å². The van der Waals surface area contributed by atoms with Crippen LogP contribution in [0.4, 0.5) is 13.2 Å². The first-order chi connectivity index (χ1) is 24.5. The van der Waals surface area contributed by atoms with Crippen LogP contribution in [0.2, 0.25) is 0 Å². The maximum atomic E-state index is 13.7. The molecule has 3 N–H and O–H groups in total. The van der Waals surface area contributed by atoms with E-state index in [2.05, 4.69) is 20.6 Å². The van der Waals surface area contributed by atoms with Crippen LogP contribution in [0.25, 0.3) is 11.0 Å². The Labute approximate surface area is 302 Å². The van der Waals surface area contributed by atoms with Gasteiger partial charge in [-0.25, -0.2) is 4.68 Å². The van der Waals surface area contributed by atoms with Gasteiger partial charge in [-0.2, -0.15) is 17.5 Å². The van der Waals surface area contributed by atoms with E-state index in [1.54, 1.807) is 33.3 Å². The number of nitrogens with zero attached hydrogens (tertiary/aromatic N) is 5. The number of alkyl halides is 3. The summed E-state index contributed by atoms with van der Waals surface area (Å²) in [6.45, 7) is 12.6. The highest BCUT2D eigenvalue weighted by atomic mass is 32.3. The van der Waals surface area contributed by atoms with Gasteiger partial charge in [-0.15, -0.1) is 15.9 Å². The number of hydrogen-bond donors (Lipinski definition) is 3. The van der Waals surface area contributed by atoms with E-state index in [0.717, 1.165) is 45.6 Å². The van der Waals surface area contributed by atoms with Crippen LogP contribution in [-0.4, -0.2) is 57.5 Å². The molecule has 3 aromatic carbocycles. The summed E-state index contributed by atoms with van der Waals surface area (Å²) in [5.74, 6) is -0.802. The van der Waals surface area contributed by atoms with E-state index < -0.39 is 39.9 Å². The summed E-state index contributed by atoms with van der Waals surface area (Å²) in [5.41, 5.74) is 3.46. The lowest BCUT2D eigenvalue weighted by Gasteiger charge is -2.42. The third-order valence-electron chi connectivity index (χ3n) is 9.79. The van der Waals surface area contributed by atoms with Crippen LogP contribution in [0, 0.1) is 13.8 Å². The molecule has 0 fully saturated rings. The topological polar surface area (TPSA) is 126 Å². The number of carbonyl (C=O) groups is 1. The van der Waals surface area contributed by atoms with Crippen molar-refractivity contribution in [3.8, 4) is 5.75 Å².